The van der Waals surface area contributed by atoms with Gasteiger partial charge in [0.2, 0.25) is 0 Å². The molecule has 3 rings (SSSR count). The van der Waals surface area contributed by atoms with E-state index in [0.29, 0.717) is 16.7 Å². The molecule has 0 unspecified atom stereocenters. The molecule has 0 saturated carbocycles. The van der Waals surface area contributed by atoms with Crippen LogP contribution >= 0.6 is 0 Å². The monoisotopic (exact) mass is 337 g/mol. The zero-order chi connectivity index (χ0) is 17.9. The highest BCUT2D eigenvalue weighted by Gasteiger charge is 2.37. The first-order valence-corrected chi connectivity index (χ1v) is 7.68. The SMILES string of the molecule is N#CC(c1ccccc1)(c1ccccc1)c1ccc(C(F)(F)F)cc1. The fourth-order valence-electron chi connectivity index (χ4n) is 2.98. The number of benzene rings is 3. The quantitative estimate of drug-likeness (QED) is 0.574. The van der Waals surface area contributed by atoms with Gasteiger partial charge in [-0.1, -0.05) is 72.8 Å². The summed E-state index contributed by atoms with van der Waals surface area (Å²) in [7, 11) is 0. The van der Waals surface area contributed by atoms with Gasteiger partial charge < -0.3 is 0 Å². The Bertz CT molecular complexity index is 837. The molecule has 0 N–H and O–H groups in total. The van der Waals surface area contributed by atoms with E-state index >= 15 is 0 Å². The summed E-state index contributed by atoms with van der Waals surface area (Å²) in [5, 5.41) is 10.1. The first kappa shape index (κ1) is 16.8. The van der Waals surface area contributed by atoms with Crippen molar-refractivity contribution in [3.05, 3.63) is 107 Å². The Balaban J connectivity index is 2.24. The van der Waals surface area contributed by atoms with Crippen LogP contribution in [-0.4, -0.2) is 0 Å². The van der Waals surface area contributed by atoms with E-state index in [-0.39, 0.29) is 0 Å². The molecule has 0 radical (unpaired) electrons. The Labute approximate surface area is 144 Å². The molecule has 0 fully saturated rings. The lowest BCUT2D eigenvalue weighted by molar-refractivity contribution is -0.137. The van der Waals surface area contributed by atoms with E-state index in [1.807, 2.05) is 60.7 Å². The molecule has 0 aliphatic carbocycles. The van der Waals surface area contributed by atoms with Gasteiger partial charge in [-0.25, -0.2) is 0 Å². The highest BCUT2D eigenvalue weighted by molar-refractivity contribution is 5.56. The molecule has 0 aliphatic heterocycles. The zero-order valence-corrected chi connectivity index (χ0v) is 13.2. The van der Waals surface area contributed by atoms with Gasteiger partial charge in [-0.15, -0.1) is 0 Å². The largest absolute Gasteiger partial charge is 0.416 e. The van der Waals surface area contributed by atoms with Crippen molar-refractivity contribution in [2.75, 3.05) is 0 Å². The summed E-state index contributed by atoms with van der Waals surface area (Å²) in [6.45, 7) is 0. The second kappa shape index (κ2) is 6.45. The van der Waals surface area contributed by atoms with Crippen LogP contribution in [0.1, 0.15) is 22.3 Å². The molecular weight excluding hydrogens is 323 g/mol. The second-order valence-electron chi connectivity index (χ2n) is 5.67. The molecule has 25 heavy (non-hydrogen) atoms. The maximum atomic E-state index is 12.9. The van der Waals surface area contributed by atoms with Crippen LogP contribution in [0.15, 0.2) is 84.9 Å². The van der Waals surface area contributed by atoms with Gasteiger partial charge in [0.05, 0.1) is 11.6 Å². The van der Waals surface area contributed by atoms with Crippen LogP contribution in [0.2, 0.25) is 0 Å². The number of alkyl halides is 3. The van der Waals surface area contributed by atoms with Crippen molar-refractivity contribution in [2.45, 2.75) is 11.6 Å². The predicted molar refractivity (Wildman–Crippen MR) is 89.8 cm³/mol. The van der Waals surface area contributed by atoms with Crippen molar-refractivity contribution < 1.29 is 13.2 Å². The third-order valence-corrected chi connectivity index (χ3v) is 4.23. The van der Waals surface area contributed by atoms with Crippen LogP contribution in [0.3, 0.4) is 0 Å². The molecule has 0 heterocycles. The zero-order valence-electron chi connectivity index (χ0n) is 13.2. The van der Waals surface area contributed by atoms with Crippen LogP contribution in [0.25, 0.3) is 0 Å². The van der Waals surface area contributed by atoms with Crippen molar-refractivity contribution in [3.63, 3.8) is 0 Å². The van der Waals surface area contributed by atoms with Gasteiger partial charge in [-0.05, 0) is 28.8 Å². The molecule has 3 aromatic rings. The molecule has 3 aromatic carbocycles. The van der Waals surface area contributed by atoms with E-state index in [9.17, 15) is 18.4 Å². The summed E-state index contributed by atoms with van der Waals surface area (Å²) in [6.07, 6.45) is -4.41. The Morgan fingerprint density at radius 3 is 1.28 bits per heavy atom. The Kier molecular flexibility index (Phi) is 4.33. The molecule has 0 bridgehead atoms. The van der Waals surface area contributed by atoms with Crippen LogP contribution in [-0.2, 0) is 11.6 Å². The highest BCUT2D eigenvalue weighted by Crippen LogP contribution is 2.39. The number of halogens is 3. The molecule has 0 aliphatic rings. The van der Waals surface area contributed by atoms with Gasteiger partial charge in [0.15, 0.2) is 0 Å². The van der Waals surface area contributed by atoms with Gasteiger partial charge >= 0.3 is 6.18 Å². The fourth-order valence-corrected chi connectivity index (χ4v) is 2.98. The third kappa shape index (κ3) is 3.01. The average Bonchev–Trinajstić information content (AvgIpc) is 2.64. The summed E-state index contributed by atoms with van der Waals surface area (Å²) < 4.78 is 38.6. The minimum atomic E-state index is -4.41. The fraction of sp³-hybridized carbons (Fsp3) is 0.0952. The van der Waals surface area contributed by atoms with E-state index < -0.39 is 17.2 Å². The van der Waals surface area contributed by atoms with Crippen LogP contribution in [0.5, 0.6) is 0 Å². The van der Waals surface area contributed by atoms with E-state index in [1.54, 1.807) is 0 Å². The lowest BCUT2D eigenvalue weighted by Gasteiger charge is -2.29. The summed E-state index contributed by atoms with van der Waals surface area (Å²) >= 11 is 0. The first-order valence-electron chi connectivity index (χ1n) is 7.68. The molecule has 124 valence electrons. The second-order valence-corrected chi connectivity index (χ2v) is 5.67. The number of rotatable bonds is 3. The van der Waals surface area contributed by atoms with Gasteiger partial charge in [0, 0.05) is 0 Å². The minimum absolute atomic E-state index is 0.500. The van der Waals surface area contributed by atoms with E-state index in [0.717, 1.165) is 12.1 Å². The Morgan fingerprint density at radius 2 is 0.920 bits per heavy atom. The van der Waals surface area contributed by atoms with Gasteiger partial charge in [-0.2, -0.15) is 18.4 Å². The maximum Gasteiger partial charge on any atom is 0.416 e. The van der Waals surface area contributed by atoms with E-state index in [4.69, 9.17) is 0 Å². The van der Waals surface area contributed by atoms with Gasteiger partial charge in [-0.3, -0.25) is 0 Å². The first-order chi connectivity index (χ1) is 12.0. The van der Waals surface area contributed by atoms with Crippen LogP contribution < -0.4 is 0 Å². The van der Waals surface area contributed by atoms with Crippen molar-refractivity contribution in [1.82, 2.24) is 0 Å². The number of hydrogen-bond donors (Lipinski definition) is 0. The van der Waals surface area contributed by atoms with Crippen LogP contribution in [0, 0.1) is 11.3 Å². The standard InChI is InChI=1S/C21H14F3N/c22-21(23,24)19-13-11-18(12-14-19)20(15-25,16-7-3-1-4-8-16)17-9-5-2-6-10-17/h1-14H. The number of nitriles is 1. The number of hydrogen-bond acceptors (Lipinski definition) is 1. The molecule has 0 saturated heterocycles. The third-order valence-electron chi connectivity index (χ3n) is 4.23. The minimum Gasteiger partial charge on any atom is -0.197 e. The molecule has 0 spiro atoms. The van der Waals surface area contributed by atoms with Crippen molar-refractivity contribution in [3.8, 4) is 6.07 Å². The topological polar surface area (TPSA) is 23.8 Å². The smallest absolute Gasteiger partial charge is 0.197 e. The molecular formula is C21H14F3N. The van der Waals surface area contributed by atoms with E-state index in [2.05, 4.69) is 6.07 Å². The summed E-state index contributed by atoms with van der Waals surface area (Å²) in [5.41, 5.74) is 0.0173. The lowest BCUT2D eigenvalue weighted by Crippen LogP contribution is -2.27. The van der Waals surface area contributed by atoms with Crippen molar-refractivity contribution in [1.29, 1.82) is 5.26 Å². The average molecular weight is 337 g/mol. The summed E-state index contributed by atoms with van der Waals surface area (Å²) in [6, 6.07) is 25.3. The Morgan fingerprint density at radius 1 is 0.560 bits per heavy atom. The molecule has 0 aromatic heterocycles. The molecule has 4 heteroatoms. The normalized spacial score (nSPS) is 11.8. The van der Waals surface area contributed by atoms with Crippen molar-refractivity contribution in [2.24, 2.45) is 0 Å². The molecule has 0 atom stereocenters. The lowest BCUT2D eigenvalue weighted by atomic mass is 9.70. The summed E-state index contributed by atoms with van der Waals surface area (Å²) in [5.74, 6) is 0. The van der Waals surface area contributed by atoms with Crippen LogP contribution in [0.4, 0.5) is 13.2 Å². The summed E-state index contributed by atoms with van der Waals surface area (Å²) in [4.78, 5) is 0. The highest BCUT2D eigenvalue weighted by atomic mass is 19.4. The van der Waals surface area contributed by atoms with E-state index in [1.165, 1.54) is 12.1 Å². The number of nitrogens with zero attached hydrogens (tertiary/aromatic N) is 1. The molecule has 0 amide bonds. The predicted octanol–water partition coefficient (Wildman–Crippen LogP) is 5.56. The van der Waals surface area contributed by atoms with Gasteiger partial charge in [0.25, 0.3) is 0 Å². The Hall–Kier alpha value is -3.06. The van der Waals surface area contributed by atoms with Gasteiger partial charge in [0.1, 0.15) is 5.41 Å². The van der Waals surface area contributed by atoms with Crippen molar-refractivity contribution >= 4 is 0 Å². The molecule has 1 nitrogen and oxygen atoms in total. The maximum absolute atomic E-state index is 12.9.